The molecule has 0 amide bonds. The number of hydrogen-bond donors (Lipinski definition) is 0. The number of carbonyl (C=O) groups excluding carboxylic acids is 1. The lowest BCUT2D eigenvalue weighted by Crippen LogP contribution is -1.98. The highest BCUT2D eigenvalue weighted by atomic mass is 16.5. The van der Waals surface area contributed by atoms with Crippen LogP contribution in [0.15, 0.2) is 30.6 Å². The third-order valence-corrected chi connectivity index (χ3v) is 1.84. The Bertz CT molecular complexity index is 429. The highest BCUT2D eigenvalue weighted by molar-refractivity contribution is 5.65. The molecule has 0 saturated heterocycles. The summed E-state index contributed by atoms with van der Waals surface area (Å²) in [7, 11) is 0. The van der Waals surface area contributed by atoms with Crippen LogP contribution in [0.3, 0.4) is 0 Å². The van der Waals surface area contributed by atoms with Crippen molar-refractivity contribution in [2.24, 2.45) is 0 Å². The molecule has 0 aliphatic heterocycles. The van der Waals surface area contributed by atoms with Crippen molar-refractivity contribution < 1.29 is 9.53 Å². The Hall–Kier alpha value is -1.84. The van der Waals surface area contributed by atoms with Crippen LogP contribution in [-0.4, -0.2) is 15.4 Å². The fourth-order valence-corrected chi connectivity index (χ4v) is 1.23. The summed E-state index contributed by atoms with van der Waals surface area (Å²) in [6, 6.07) is 5.74. The molecule has 72 valence electrons. The van der Waals surface area contributed by atoms with Gasteiger partial charge in [0.2, 0.25) is 0 Å². The summed E-state index contributed by atoms with van der Waals surface area (Å²) >= 11 is 0. The zero-order valence-electron chi connectivity index (χ0n) is 7.80. The molecule has 14 heavy (non-hydrogen) atoms. The predicted molar refractivity (Wildman–Crippen MR) is 50.7 cm³/mol. The fourth-order valence-electron chi connectivity index (χ4n) is 1.23. The first kappa shape index (κ1) is 8.74. The molecule has 2 rings (SSSR count). The Kier molecular flexibility index (Phi) is 2.18. The van der Waals surface area contributed by atoms with Gasteiger partial charge in [-0.15, -0.1) is 0 Å². The Balaban J connectivity index is 2.22. The van der Waals surface area contributed by atoms with Crippen molar-refractivity contribution in [3.63, 3.8) is 0 Å². The van der Waals surface area contributed by atoms with Crippen LogP contribution in [0.5, 0.6) is 0 Å². The third-order valence-electron chi connectivity index (χ3n) is 1.84. The lowest BCUT2D eigenvalue weighted by atomic mass is 10.5. The molecule has 4 nitrogen and oxygen atoms in total. The van der Waals surface area contributed by atoms with E-state index in [-0.39, 0.29) is 12.6 Å². The largest absolute Gasteiger partial charge is 0.459 e. The molecule has 0 aliphatic carbocycles. The van der Waals surface area contributed by atoms with E-state index in [0.717, 1.165) is 11.3 Å². The molecular weight excluding hydrogens is 180 g/mol. The van der Waals surface area contributed by atoms with E-state index in [2.05, 4.69) is 4.98 Å². The number of pyridine rings is 1. The fraction of sp³-hybridized carbons (Fsp3) is 0.200. The maximum atomic E-state index is 10.6. The monoisotopic (exact) mass is 190 g/mol. The van der Waals surface area contributed by atoms with Crippen LogP contribution < -0.4 is 0 Å². The molecule has 0 N–H and O–H groups in total. The average Bonchev–Trinajstić information content (AvgIpc) is 2.57. The van der Waals surface area contributed by atoms with Crippen LogP contribution in [0.2, 0.25) is 0 Å². The molecule has 4 heteroatoms. The van der Waals surface area contributed by atoms with Gasteiger partial charge >= 0.3 is 5.97 Å². The number of nitrogens with zero attached hydrogens (tertiary/aromatic N) is 2. The Labute approximate surface area is 81.1 Å². The maximum absolute atomic E-state index is 10.6. The summed E-state index contributed by atoms with van der Waals surface area (Å²) in [6.07, 6.45) is 3.75. The van der Waals surface area contributed by atoms with Crippen molar-refractivity contribution in [1.82, 2.24) is 9.38 Å². The first-order valence-electron chi connectivity index (χ1n) is 4.32. The van der Waals surface area contributed by atoms with Gasteiger partial charge < -0.3 is 9.14 Å². The van der Waals surface area contributed by atoms with E-state index in [1.807, 2.05) is 35.0 Å². The van der Waals surface area contributed by atoms with Crippen molar-refractivity contribution in [3.05, 3.63) is 36.3 Å². The van der Waals surface area contributed by atoms with E-state index in [0.29, 0.717) is 0 Å². The molecule has 0 aliphatic rings. The first-order chi connectivity index (χ1) is 6.75. The van der Waals surface area contributed by atoms with Gasteiger partial charge in [-0.2, -0.15) is 0 Å². The van der Waals surface area contributed by atoms with Crippen molar-refractivity contribution in [2.75, 3.05) is 0 Å². The van der Waals surface area contributed by atoms with E-state index in [1.165, 1.54) is 6.92 Å². The number of imidazole rings is 1. The Morgan fingerprint density at radius 3 is 3.14 bits per heavy atom. The minimum absolute atomic E-state index is 0.233. The molecule has 0 spiro atoms. The number of hydrogen-bond acceptors (Lipinski definition) is 3. The second-order valence-electron chi connectivity index (χ2n) is 2.98. The summed E-state index contributed by atoms with van der Waals surface area (Å²) in [5.74, 6) is -0.290. The lowest BCUT2D eigenvalue weighted by molar-refractivity contribution is -0.142. The molecule has 0 bridgehead atoms. The molecule has 2 aromatic rings. The van der Waals surface area contributed by atoms with E-state index in [1.54, 1.807) is 0 Å². The van der Waals surface area contributed by atoms with Crippen molar-refractivity contribution >= 4 is 11.6 Å². The van der Waals surface area contributed by atoms with Crippen molar-refractivity contribution in [2.45, 2.75) is 13.5 Å². The maximum Gasteiger partial charge on any atom is 0.303 e. The Morgan fingerprint density at radius 1 is 1.57 bits per heavy atom. The number of rotatable bonds is 2. The van der Waals surface area contributed by atoms with Gasteiger partial charge in [-0.3, -0.25) is 4.79 Å². The van der Waals surface area contributed by atoms with Crippen LogP contribution in [0.1, 0.15) is 12.6 Å². The SMILES string of the molecule is CC(=O)OCc1cn2ccccc2n1. The van der Waals surface area contributed by atoms with Gasteiger partial charge in [-0.1, -0.05) is 6.07 Å². The molecule has 0 atom stereocenters. The third kappa shape index (κ3) is 1.74. The van der Waals surface area contributed by atoms with Gasteiger partial charge in [0, 0.05) is 19.3 Å². The van der Waals surface area contributed by atoms with Gasteiger partial charge in [-0.25, -0.2) is 4.98 Å². The van der Waals surface area contributed by atoms with Crippen LogP contribution in [0, 0.1) is 0 Å². The molecular formula is C10H10N2O2. The van der Waals surface area contributed by atoms with Gasteiger partial charge in [0.15, 0.2) is 0 Å². The second kappa shape index (κ2) is 3.49. The average molecular weight is 190 g/mol. The molecule has 0 saturated carbocycles. The number of esters is 1. The molecule has 2 aromatic heterocycles. The second-order valence-corrected chi connectivity index (χ2v) is 2.98. The smallest absolute Gasteiger partial charge is 0.303 e. The summed E-state index contributed by atoms with van der Waals surface area (Å²) in [5.41, 5.74) is 1.61. The van der Waals surface area contributed by atoms with E-state index < -0.39 is 0 Å². The van der Waals surface area contributed by atoms with Gasteiger partial charge in [-0.05, 0) is 12.1 Å². The first-order valence-corrected chi connectivity index (χ1v) is 4.32. The van der Waals surface area contributed by atoms with Crippen LogP contribution in [0.25, 0.3) is 5.65 Å². The predicted octanol–water partition coefficient (Wildman–Crippen LogP) is 1.40. The highest BCUT2D eigenvalue weighted by Gasteiger charge is 2.01. The zero-order valence-corrected chi connectivity index (χ0v) is 7.80. The van der Waals surface area contributed by atoms with Crippen LogP contribution in [0.4, 0.5) is 0 Å². The normalized spacial score (nSPS) is 10.4. The quantitative estimate of drug-likeness (QED) is 0.672. The topological polar surface area (TPSA) is 43.6 Å². The summed E-state index contributed by atoms with van der Waals surface area (Å²) in [6.45, 7) is 1.62. The summed E-state index contributed by atoms with van der Waals surface area (Å²) in [5, 5.41) is 0. The molecule has 0 aromatic carbocycles. The van der Waals surface area contributed by atoms with Crippen molar-refractivity contribution in [1.29, 1.82) is 0 Å². The number of ether oxygens (including phenoxy) is 1. The number of carbonyl (C=O) groups is 1. The van der Waals surface area contributed by atoms with Crippen molar-refractivity contribution in [3.8, 4) is 0 Å². The standard InChI is InChI=1S/C10H10N2O2/c1-8(13)14-7-9-6-12-5-3-2-4-10(12)11-9/h2-6H,7H2,1H3. The Morgan fingerprint density at radius 2 is 2.43 bits per heavy atom. The summed E-state index contributed by atoms with van der Waals surface area (Å²) < 4.78 is 6.73. The molecule has 2 heterocycles. The van der Waals surface area contributed by atoms with Gasteiger partial charge in [0.25, 0.3) is 0 Å². The zero-order chi connectivity index (χ0) is 9.97. The molecule has 0 unspecified atom stereocenters. The number of fused-ring (bicyclic) bond motifs is 1. The van der Waals surface area contributed by atoms with Crippen LogP contribution >= 0.6 is 0 Å². The van der Waals surface area contributed by atoms with E-state index in [9.17, 15) is 4.79 Å². The minimum atomic E-state index is -0.290. The lowest BCUT2D eigenvalue weighted by Gasteiger charge is -1.95. The van der Waals surface area contributed by atoms with Crippen LogP contribution in [-0.2, 0) is 16.1 Å². The minimum Gasteiger partial charge on any atom is -0.459 e. The van der Waals surface area contributed by atoms with E-state index in [4.69, 9.17) is 4.74 Å². The molecule has 0 radical (unpaired) electrons. The van der Waals surface area contributed by atoms with Gasteiger partial charge in [0.1, 0.15) is 12.3 Å². The van der Waals surface area contributed by atoms with E-state index >= 15 is 0 Å². The molecule has 0 fully saturated rings. The number of aromatic nitrogens is 2. The summed E-state index contributed by atoms with van der Waals surface area (Å²) in [4.78, 5) is 14.8. The van der Waals surface area contributed by atoms with Gasteiger partial charge in [0.05, 0.1) is 5.69 Å². The highest BCUT2D eigenvalue weighted by Crippen LogP contribution is 2.05.